The lowest BCUT2D eigenvalue weighted by Crippen LogP contribution is -1.81. The molecule has 1 aliphatic rings. The number of benzene rings is 1. The molecule has 0 radical (unpaired) electrons. The number of aryl methyl sites for hydroxylation is 1. The van der Waals surface area contributed by atoms with Crippen molar-refractivity contribution in [2.75, 3.05) is 0 Å². The fraction of sp³-hybridized carbons (Fsp3) is 0.333. The molecule has 1 aromatic rings. The quantitative estimate of drug-likeness (QED) is 0.603. The maximum atomic E-state index is 3.44. The van der Waals surface area contributed by atoms with Crippen LogP contribution in [0.15, 0.2) is 22.7 Å². The minimum Gasteiger partial charge on any atom is -0.0945 e. The fourth-order valence-corrected chi connectivity index (χ4v) is 1.65. The van der Waals surface area contributed by atoms with Crippen molar-refractivity contribution in [3.8, 4) is 11.8 Å². The third-order valence-corrected chi connectivity index (χ3v) is 2.67. The Hall–Kier alpha value is -0.740. The van der Waals surface area contributed by atoms with Crippen LogP contribution in [0.2, 0.25) is 0 Å². The van der Waals surface area contributed by atoms with Crippen LogP contribution in [0.5, 0.6) is 0 Å². The highest BCUT2D eigenvalue weighted by Crippen LogP contribution is 2.27. The third-order valence-electron chi connectivity index (χ3n) is 2.18. The molecule has 0 atom stereocenters. The van der Waals surface area contributed by atoms with E-state index in [-0.39, 0.29) is 0 Å². The molecule has 0 saturated heterocycles. The van der Waals surface area contributed by atoms with Crippen molar-refractivity contribution in [1.29, 1.82) is 0 Å². The van der Waals surface area contributed by atoms with Gasteiger partial charge in [-0.3, -0.25) is 0 Å². The van der Waals surface area contributed by atoms with Crippen LogP contribution < -0.4 is 0 Å². The molecule has 2 rings (SSSR count). The summed E-state index contributed by atoms with van der Waals surface area (Å²) in [5, 5.41) is 0. The molecule has 1 aliphatic carbocycles. The topological polar surface area (TPSA) is 0 Å². The molecule has 0 N–H and O–H groups in total. The van der Waals surface area contributed by atoms with Crippen LogP contribution in [0.3, 0.4) is 0 Å². The lowest BCUT2D eigenvalue weighted by molar-refractivity contribution is 1.18. The van der Waals surface area contributed by atoms with Crippen molar-refractivity contribution in [3.05, 3.63) is 33.8 Å². The van der Waals surface area contributed by atoms with Crippen LogP contribution in [-0.4, -0.2) is 0 Å². The summed E-state index contributed by atoms with van der Waals surface area (Å²) in [6.07, 6.45) is 2.59. The van der Waals surface area contributed by atoms with Crippen LogP contribution in [0.1, 0.15) is 24.0 Å². The van der Waals surface area contributed by atoms with Gasteiger partial charge in [0.2, 0.25) is 0 Å². The molecule has 0 nitrogen and oxygen atoms in total. The van der Waals surface area contributed by atoms with Crippen molar-refractivity contribution >= 4 is 15.9 Å². The minimum atomic E-state index is 0.683. The van der Waals surface area contributed by atoms with Gasteiger partial charge in [-0.2, -0.15) is 0 Å². The van der Waals surface area contributed by atoms with Gasteiger partial charge in [0.15, 0.2) is 0 Å². The molecule has 1 saturated carbocycles. The molecule has 1 aromatic carbocycles. The zero-order valence-electron chi connectivity index (χ0n) is 7.60. The summed E-state index contributed by atoms with van der Waals surface area (Å²) >= 11 is 3.44. The Morgan fingerprint density at radius 2 is 2.15 bits per heavy atom. The van der Waals surface area contributed by atoms with E-state index in [2.05, 4.69) is 46.8 Å². The number of hydrogen-bond acceptors (Lipinski definition) is 0. The van der Waals surface area contributed by atoms with Crippen LogP contribution in [0, 0.1) is 24.7 Å². The standard InChI is InChI=1S/C12H11Br/c1-9-8-12(13)7-6-11(9)5-4-10-2-3-10/h6-8,10H,2-3H2,1H3. The van der Waals surface area contributed by atoms with E-state index < -0.39 is 0 Å². The first-order valence-corrected chi connectivity index (χ1v) is 5.33. The van der Waals surface area contributed by atoms with Gasteiger partial charge in [0.1, 0.15) is 0 Å². The highest BCUT2D eigenvalue weighted by molar-refractivity contribution is 9.10. The predicted octanol–water partition coefficient (Wildman–Crippen LogP) is 3.52. The van der Waals surface area contributed by atoms with E-state index in [1.807, 2.05) is 6.07 Å². The number of halogens is 1. The largest absolute Gasteiger partial charge is 0.0945 e. The second kappa shape index (κ2) is 3.55. The summed E-state index contributed by atoms with van der Waals surface area (Å²) in [6, 6.07) is 6.23. The Morgan fingerprint density at radius 1 is 1.38 bits per heavy atom. The zero-order valence-corrected chi connectivity index (χ0v) is 9.19. The molecule has 0 spiro atoms. The van der Waals surface area contributed by atoms with Crippen molar-refractivity contribution < 1.29 is 0 Å². The Bertz CT molecular complexity index is 378. The maximum Gasteiger partial charge on any atom is 0.0275 e. The number of hydrogen-bond donors (Lipinski definition) is 0. The SMILES string of the molecule is Cc1cc(Br)ccc1C#CC1CC1. The Morgan fingerprint density at radius 3 is 2.77 bits per heavy atom. The van der Waals surface area contributed by atoms with E-state index in [0.717, 1.165) is 10.0 Å². The first kappa shape index (κ1) is 8.84. The lowest BCUT2D eigenvalue weighted by Gasteiger charge is -1.97. The Labute approximate surface area is 87.5 Å². The highest BCUT2D eigenvalue weighted by Gasteiger charge is 2.17. The summed E-state index contributed by atoms with van der Waals surface area (Å²) in [7, 11) is 0. The van der Waals surface area contributed by atoms with E-state index in [1.165, 1.54) is 18.4 Å². The molecule has 1 fully saturated rings. The summed E-state index contributed by atoms with van der Waals surface area (Å²) in [6.45, 7) is 2.10. The molecular weight excluding hydrogens is 224 g/mol. The van der Waals surface area contributed by atoms with E-state index in [1.54, 1.807) is 0 Å². The Balaban J connectivity index is 2.25. The van der Waals surface area contributed by atoms with Gasteiger partial charge >= 0.3 is 0 Å². The van der Waals surface area contributed by atoms with Gasteiger partial charge in [-0.05, 0) is 43.5 Å². The molecule has 0 bridgehead atoms. The zero-order chi connectivity index (χ0) is 9.26. The summed E-state index contributed by atoms with van der Waals surface area (Å²) < 4.78 is 1.13. The normalized spacial score (nSPS) is 14.9. The first-order chi connectivity index (χ1) is 6.25. The van der Waals surface area contributed by atoms with Gasteiger partial charge in [0.25, 0.3) is 0 Å². The van der Waals surface area contributed by atoms with Gasteiger partial charge in [0.05, 0.1) is 0 Å². The molecular formula is C12H11Br. The summed E-state index contributed by atoms with van der Waals surface area (Å²) in [5.41, 5.74) is 2.41. The lowest BCUT2D eigenvalue weighted by atomic mass is 10.1. The monoisotopic (exact) mass is 234 g/mol. The van der Waals surface area contributed by atoms with E-state index in [4.69, 9.17) is 0 Å². The summed E-state index contributed by atoms with van der Waals surface area (Å²) in [5.74, 6) is 7.18. The minimum absolute atomic E-state index is 0.683. The third kappa shape index (κ3) is 2.35. The van der Waals surface area contributed by atoms with Gasteiger partial charge in [0, 0.05) is 16.0 Å². The first-order valence-electron chi connectivity index (χ1n) is 4.53. The van der Waals surface area contributed by atoms with Gasteiger partial charge in [-0.1, -0.05) is 27.8 Å². The molecule has 0 aromatic heterocycles. The van der Waals surface area contributed by atoms with E-state index in [9.17, 15) is 0 Å². The molecule has 0 heterocycles. The van der Waals surface area contributed by atoms with E-state index >= 15 is 0 Å². The summed E-state index contributed by atoms with van der Waals surface area (Å²) in [4.78, 5) is 0. The molecule has 66 valence electrons. The predicted molar refractivity (Wildman–Crippen MR) is 58.5 cm³/mol. The van der Waals surface area contributed by atoms with Crippen LogP contribution in [-0.2, 0) is 0 Å². The highest BCUT2D eigenvalue weighted by atomic mass is 79.9. The average molecular weight is 235 g/mol. The molecule has 0 unspecified atom stereocenters. The molecule has 0 amide bonds. The Kier molecular flexibility index (Phi) is 2.42. The van der Waals surface area contributed by atoms with Crippen molar-refractivity contribution in [1.82, 2.24) is 0 Å². The van der Waals surface area contributed by atoms with Crippen molar-refractivity contribution in [3.63, 3.8) is 0 Å². The second-order valence-corrected chi connectivity index (χ2v) is 4.42. The maximum absolute atomic E-state index is 3.44. The van der Waals surface area contributed by atoms with Gasteiger partial charge < -0.3 is 0 Å². The van der Waals surface area contributed by atoms with Crippen molar-refractivity contribution in [2.24, 2.45) is 5.92 Å². The van der Waals surface area contributed by atoms with Gasteiger partial charge in [-0.25, -0.2) is 0 Å². The molecule has 0 aliphatic heterocycles. The number of rotatable bonds is 0. The van der Waals surface area contributed by atoms with Crippen molar-refractivity contribution in [2.45, 2.75) is 19.8 Å². The second-order valence-electron chi connectivity index (χ2n) is 3.50. The van der Waals surface area contributed by atoms with Gasteiger partial charge in [-0.15, -0.1) is 0 Å². The fourth-order valence-electron chi connectivity index (χ4n) is 1.17. The van der Waals surface area contributed by atoms with E-state index in [0.29, 0.717) is 5.92 Å². The molecule has 1 heteroatoms. The smallest absolute Gasteiger partial charge is 0.0275 e. The van der Waals surface area contributed by atoms with Crippen LogP contribution >= 0.6 is 15.9 Å². The average Bonchev–Trinajstić information content (AvgIpc) is 2.86. The van der Waals surface area contributed by atoms with Crippen LogP contribution in [0.25, 0.3) is 0 Å². The molecule has 13 heavy (non-hydrogen) atoms. The van der Waals surface area contributed by atoms with Crippen LogP contribution in [0.4, 0.5) is 0 Å².